The van der Waals surface area contributed by atoms with Crippen LogP contribution < -0.4 is 4.74 Å². The second-order valence-corrected chi connectivity index (χ2v) is 10.7. The molecule has 6 nitrogen and oxygen atoms in total. The first-order chi connectivity index (χ1) is 16.5. The number of aromatic nitrogens is 1. The SMILES string of the molecule is CC(C)N(N1CCC[C@@H]1CCCOc1ccc(-c2ccccn2)cc1)S(=O)(=O)c1ccccc1. The molecule has 0 amide bonds. The highest BCUT2D eigenvalue weighted by Crippen LogP contribution is 2.30. The zero-order valence-corrected chi connectivity index (χ0v) is 20.7. The predicted octanol–water partition coefficient (Wildman–Crippen LogP) is 5.39. The maximum atomic E-state index is 13.4. The van der Waals surface area contributed by atoms with Gasteiger partial charge in [-0.15, -0.1) is 4.41 Å². The lowest BCUT2D eigenvalue weighted by atomic mass is 10.1. The van der Waals surface area contributed by atoms with E-state index in [1.165, 1.54) is 0 Å². The van der Waals surface area contributed by atoms with Gasteiger partial charge >= 0.3 is 0 Å². The van der Waals surface area contributed by atoms with Crippen molar-refractivity contribution in [3.63, 3.8) is 0 Å². The molecule has 4 rings (SSSR count). The topological polar surface area (TPSA) is 62.7 Å². The molecule has 1 fully saturated rings. The molecular weight excluding hydrogens is 446 g/mol. The summed E-state index contributed by atoms with van der Waals surface area (Å²) in [5, 5.41) is 2.06. The van der Waals surface area contributed by atoms with Crippen LogP contribution in [0.3, 0.4) is 0 Å². The molecule has 0 bridgehead atoms. The van der Waals surface area contributed by atoms with Crippen molar-refractivity contribution in [3.05, 3.63) is 79.0 Å². The molecule has 2 heterocycles. The minimum absolute atomic E-state index is 0.153. The summed E-state index contributed by atoms with van der Waals surface area (Å²) in [5.74, 6) is 0.832. The molecule has 180 valence electrons. The summed E-state index contributed by atoms with van der Waals surface area (Å²) < 4.78 is 34.4. The van der Waals surface area contributed by atoms with E-state index in [-0.39, 0.29) is 12.1 Å². The summed E-state index contributed by atoms with van der Waals surface area (Å²) >= 11 is 0. The molecule has 0 saturated carbocycles. The van der Waals surface area contributed by atoms with Crippen LogP contribution >= 0.6 is 0 Å². The summed E-state index contributed by atoms with van der Waals surface area (Å²) in [6, 6.07) is 22.6. The molecule has 3 aromatic rings. The van der Waals surface area contributed by atoms with E-state index in [1.807, 2.05) is 62.4 Å². The monoisotopic (exact) mass is 479 g/mol. The van der Waals surface area contributed by atoms with E-state index in [4.69, 9.17) is 4.74 Å². The fraction of sp³-hybridized carbons (Fsp3) is 0.370. The fourth-order valence-corrected chi connectivity index (χ4v) is 6.31. The average Bonchev–Trinajstić information content (AvgIpc) is 3.30. The number of pyridine rings is 1. The van der Waals surface area contributed by atoms with Crippen molar-refractivity contribution < 1.29 is 13.2 Å². The van der Waals surface area contributed by atoms with Crippen molar-refractivity contribution in [2.45, 2.75) is 56.5 Å². The molecule has 1 aliphatic heterocycles. The number of hydrogen-bond donors (Lipinski definition) is 0. The van der Waals surface area contributed by atoms with Gasteiger partial charge in [-0.3, -0.25) is 4.98 Å². The van der Waals surface area contributed by atoms with E-state index in [0.717, 1.165) is 49.2 Å². The molecule has 1 aliphatic rings. The average molecular weight is 480 g/mol. The van der Waals surface area contributed by atoms with Gasteiger partial charge in [0.05, 0.1) is 17.2 Å². The van der Waals surface area contributed by atoms with Crippen LogP contribution in [-0.4, -0.2) is 48.1 Å². The maximum absolute atomic E-state index is 13.4. The Morgan fingerprint density at radius 1 is 1.03 bits per heavy atom. The number of benzene rings is 2. The van der Waals surface area contributed by atoms with Crippen molar-refractivity contribution >= 4 is 10.0 Å². The molecule has 2 aromatic carbocycles. The highest BCUT2D eigenvalue weighted by atomic mass is 32.2. The number of rotatable bonds is 10. The molecule has 0 radical (unpaired) electrons. The second-order valence-electron chi connectivity index (χ2n) is 8.87. The van der Waals surface area contributed by atoms with Crippen molar-refractivity contribution in [3.8, 4) is 17.0 Å². The van der Waals surface area contributed by atoms with E-state index in [9.17, 15) is 8.42 Å². The molecule has 7 heteroatoms. The van der Waals surface area contributed by atoms with E-state index in [1.54, 1.807) is 34.9 Å². The minimum Gasteiger partial charge on any atom is -0.494 e. The molecule has 0 unspecified atom stereocenters. The van der Waals surface area contributed by atoms with E-state index >= 15 is 0 Å². The van der Waals surface area contributed by atoms with Crippen LogP contribution in [-0.2, 0) is 10.0 Å². The minimum atomic E-state index is -3.59. The predicted molar refractivity (Wildman–Crippen MR) is 135 cm³/mol. The standard InChI is InChI=1S/C27H33N3O3S/c1-22(2)30(34(31,32)26-12-4-3-5-13-26)29-20-8-10-24(29)11-9-21-33-25-17-15-23(16-18-25)27-14-6-7-19-28-27/h3-7,12-19,22,24H,8-11,20-21H2,1-2H3/t24-/m1/s1. The van der Waals surface area contributed by atoms with E-state index in [0.29, 0.717) is 11.5 Å². The zero-order chi connectivity index (χ0) is 24.0. The first-order valence-corrected chi connectivity index (χ1v) is 13.4. The molecule has 0 spiro atoms. The Kier molecular flexibility index (Phi) is 7.98. The number of hydrazine groups is 1. The van der Waals surface area contributed by atoms with Crippen molar-refractivity contribution in [2.75, 3.05) is 13.2 Å². The van der Waals surface area contributed by atoms with Crippen LogP contribution in [0.25, 0.3) is 11.3 Å². The number of sulfonamides is 1. The van der Waals surface area contributed by atoms with E-state index in [2.05, 4.69) is 9.99 Å². The normalized spacial score (nSPS) is 16.9. The summed E-state index contributed by atoms with van der Waals surface area (Å²) in [4.78, 5) is 4.72. The highest BCUT2D eigenvalue weighted by Gasteiger charge is 2.38. The summed E-state index contributed by atoms with van der Waals surface area (Å²) in [7, 11) is -3.59. The Morgan fingerprint density at radius 2 is 1.76 bits per heavy atom. The Bertz CT molecular complexity index is 1140. The molecule has 1 aromatic heterocycles. The van der Waals surface area contributed by atoms with E-state index < -0.39 is 10.0 Å². The lowest BCUT2D eigenvalue weighted by Gasteiger charge is -2.38. The van der Waals surface area contributed by atoms with Crippen molar-refractivity contribution in [2.24, 2.45) is 0 Å². The van der Waals surface area contributed by atoms with Crippen LogP contribution in [0.1, 0.15) is 39.5 Å². The van der Waals surface area contributed by atoms with Gasteiger partial charge in [-0.05, 0) is 88.1 Å². The third-order valence-electron chi connectivity index (χ3n) is 6.09. The molecule has 0 aliphatic carbocycles. The quantitative estimate of drug-likeness (QED) is 0.365. The Hall–Kier alpha value is -2.74. The molecule has 1 atom stereocenters. The van der Waals surface area contributed by atoms with Crippen LogP contribution in [0.15, 0.2) is 83.9 Å². The Morgan fingerprint density at radius 3 is 2.44 bits per heavy atom. The number of hydrogen-bond acceptors (Lipinski definition) is 5. The second kappa shape index (κ2) is 11.1. The van der Waals surface area contributed by atoms with Gasteiger partial charge in [-0.25, -0.2) is 13.4 Å². The van der Waals surface area contributed by atoms with Gasteiger partial charge in [0.1, 0.15) is 5.75 Å². The van der Waals surface area contributed by atoms with Gasteiger partial charge in [-0.2, -0.15) is 0 Å². The molecule has 34 heavy (non-hydrogen) atoms. The first-order valence-electron chi connectivity index (χ1n) is 12.0. The van der Waals surface area contributed by atoms with Crippen LogP contribution in [0.2, 0.25) is 0 Å². The van der Waals surface area contributed by atoms with Gasteiger partial charge < -0.3 is 4.74 Å². The third-order valence-corrected chi connectivity index (χ3v) is 8.09. The lowest BCUT2D eigenvalue weighted by molar-refractivity contribution is 0.0163. The van der Waals surface area contributed by atoms with Gasteiger partial charge in [0.25, 0.3) is 10.0 Å². The lowest BCUT2D eigenvalue weighted by Crippen LogP contribution is -2.52. The van der Waals surface area contributed by atoms with Crippen LogP contribution in [0.5, 0.6) is 5.75 Å². The summed E-state index contributed by atoms with van der Waals surface area (Å²) in [5.41, 5.74) is 2.00. The zero-order valence-electron chi connectivity index (χ0n) is 19.9. The summed E-state index contributed by atoms with van der Waals surface area (Å²) in [6.45, 7) is 5.23. The molecule has 1 saturated heterocycles. The first kappa shape index (κ1) is 24.4. The smallest absolute Gasteiger partial charge is 0.256 e. The van der Waals surface area contributed by atoms with Crippen LogP contribution in [0.4, 0.5) is 0 Å². The Labute approximate surface area is 203 Å². The fourth-order valence-electron chi connectivity index (χ4n) is 4.55. The van der Waals surface area contributed by atoms with Gasteiger partial charge in [0, 0.05) is 30.4 Å². The highest BCUT2D eigenvalue weighted by molar-refractivity contribution is 7.89. The van der Waals surface area contributed by atoms with Gasteiger partial charge in [0.2, 0.25) is 0 Å². The maximum Gasteiger partial charge on any atom is 0.256 e. The van der Waals surface area contributed by atoms with Gasteiger partial charge in [0.15, 0.2) is 0 Å². The van der Waals surface area contributed by atoms with Crippen LogP contribution in [0, 0.1) is 0 Å². The van der Waals surface area contributed by atoms with Crippen molar-refractivity contribution in [1.29, 1.82) is 0 Å². The Balaban J connectivity index is 1.34. The van der Waals surface area contributed by atoms with Crippen molar-refractivity contribution in [1.82, 2.24) is 14.4 Å². The number of ether oxygens (including phenoxy) is 1. The molecule has 0 N–H and O–H groups in total. The molecular formula is C27H33N3O3S. The van der Waals surface area contributed by atoms with Gasteiger partial charge in [-0.1, -0.05) is 24.3 Å². The number of nitrogens with zero attached hydrogens (tertiary/aromatic N) is 3. The largest absolute Gasteiger partial charge is 0.494 e. The third kappa shape index (κ3) is 5.66. The summed E-state index contributed by atoms with van der Waals surface area (Å²) in [6.07, 6.45) is 5.53.